The lowest BCUT2D eigenvalue weighted by Gasteiger charge is -1.99. The minimum absolute atomic E-state index is 0. The predicted molar refractivity (Wildman–Crippen MR) is 58.1 cm³/mol. The molecule has 0 saturated heterocycles. The number of aryl methyl sites for hydroxylation is 1. The Labute approximate surface area is 83.2 Å². The molecule has 0 saturated carbocycles. The fourth-order valence-corrected chi connectivity index (χ4v) is 1.25. The summed E-state index contributed by atoms with van der Waals surface area (Å²) in [5.41, 5.74) is 8.46. The fourth-order valence-electron chi connectivity index (χ4n) is 1.25. The molecule has 0 bridgehead atoms. The van der Waals surface area contributed by atoms with E-state index in [1.54, 1.807) is 0 Å². The van der Waals surface area contributed by atoms with Crippen molar-refractivity contribution in [2.24, 2.45) is 0 Å². The molecule has 2 N–H and O–H groups in total. The SMILES string of the molecule is Cc1ccc2cc(N)ccc2n1.Cl. The molecule has 1 heterocycles. The van der Waals surface area contributed by atoms with Gasteiger partial charge in [0.1, 0.15) is 0 Å². The van der Waals surface area contributed by atoms with Crippen LogP contribution in [0.15, 0.2) is 30.3 Å². The van der Waals surface area contributed by atoms with Crippen LogP contribution in [0.5, 0.6) is 0 Å². The largest absolute Gasteiger partial charge is 0.399 e. The topological polar surface area (TPSA) is 38.9 Å². The standard InChI is InChI=1S/C10H10N2.ClH/c1-7-2-3-8-6-9(11)4-5-10(8)12-7;/h2-6H,11H2,1H3;1H. The first-order chi connectivity index (χ1) is 5.75. The van der Waals surface area contributed by atoms with Gasteiger partial charge in [-0.25, -0.2) is 0 Å². The van der Waals surface area contributed by atoms with Crippen molar-refractivity contribution in [3.05, 3.63) is 36.0 Å². The van der Waals surface area contributed by atoms with Gasteiger partial charge in [0, 0.05) is 16.8 Å². The van der Waals surface area contributed by atoms with Gasteiger partial charge in [-0.15, -0.1) is 12.4 Å². The number of benzene rings is 1. The quantitative estimate of drug-likeness (QED) is 0.655. The van der Waals surface area contributed by atoms with Crippen LogP contribution in [0.4, 0.5) is 5.69 Å². The molecule has 1 aromatic carbocycles. The third-order valence-corrected chi connectivity index (χ3v) is 1.85. The Morgan fingerprint density at radius 2 is 1.92 bits per heavy atom. The van der Waals surface area contributed by atoms with Crippen molar-refractivity contribution >= 4 is 29.0 Å². The van der Waals surface area contributed by atoms with Gasteiger partial charge >= 0.3 is 0 Å². The summed E-state index contributed by atoms with van der Waals surface area (Å²) in [7, 11) is 0. The molecule has 0 amide bonds. The molecule has 0 spiro atoms. The van der Waals surface area contributed by atoms with Gasteiger partial charge in [-0.05, 0) is 31.2 Å². The highest BCUT2D eigenvalue weighted by molar-refractivity contribution is 5.85. The molecule has 3 heteroatoms. The van der Waals surface area contributed by atoms with Gasteiger partial charge in [0.05, 0.1) is 5.52 Å². The highest BCUT2D eigenvalue weighted by atomic mass is 35.5. The zero-order chi connectivity index (χ0) is 8.55. The number of aromatic nitrogens is 1. The van der Waals surface area contributed by atoms with Crippen LogP contribution in [-0.4, -0.2) is 4.98 Å². The number of hydrogen-bond acceptors (Lipinski definition) is 2. The number of anilines is 1. The number of rotatable bonds is 0. The normalized spacial score (nSPS) is 9.62. The first-order valence-electron chi connectivity index (χ1n) is 3.88. The van der Waals surface area contributed by atoms with Crippen molar-refractivity contribution in [2.45, 2.75) is 6.92 Å². The van der Waals surface area contributed by atoms with Crippen molar-refractivity contribution in [3.63, 3.8) is 0 Å². The highest BCUT2D eigenvalue weighted by Gasteiger charge is 1.94. The van der Waals surface area contributed by atoms with E-state index in [1.807, 2.05) is 37.3 Å². The average Bonchev–Trinajstić information content (AvgIpc) is 2.05. The van der Waals surface area contributed by atoms with Crippen LogP contribution in [0.3, 0.4) is 0 Å². The molecule has 0 aliphatic heterocycles. The minimum Gasteiger partial charge on any atom is -0.399 e. The van der Waals surface area contributed by atoms with Gasteiger partial charge in [-0.3, -0.25) is 4.98 Å². The van der Waals surface area contributed by atoms with Crippen LogP contribution in [0.2, 0.25) is 0 Å². The number of nitrogens with zero attached hydrogens (tertiary/aromatic N) is 1. The summed E-state index contributed by atoms with van der Waals surface area (Å²) in [6.07, 6.45) is 0. The van der Waals surface area contributed by atoms with E-state index in [0.717, 1.165) is 22.3 Å². The summed E-state index contributed by atoms with van der Waals surface area (Å²) in [5, 5.41) is 1.10. The van der Waals surface area contributed by atoms with E-state index in [9.17, 15) is 0 Å². The summed E-state index contributed by atoms with van der Waals surface area (Å²) >= 11 is 0. The maximum Gasteiger partial charge on any atom is 0.0706 e. The monoisotopic (exact) mass is 194 g/mol. The van der Waals surface area contributed by atoms with Crippen LogP contribution in [0, 0.1) is 6.92 Å². The lowest BCUT2D eigenvalue weighted by atomic mass is 10.2. The zero-order valence-corrected chi connectivity index (χ0v) is 8.14. The molecule has 0 unspecified atom stereocenters. The summed E-state index contributed by atoms with van der Waals surface area (Å²) in [4.78, 5) is 4.36. The zero-order valence-electron chi connectivity index (χ0n) is 7.32. The molecule has 1 aromatic heterocycles. The van der Waals surface area contributed by atoms with Gasteiger partial charge in [0.25, 0.3) is 0 Å². The summed E-state index contributed by atoms with van der Waals surface area (Å²) in [5.74, 6) is 0. The first-order valence-corrected chi connectivity index (χ1v) is 3.88. The highest BCUT2D eigenvalue weighted by Crippen LogP contribution is 2.15. The second kappa shape index (κ2) is 3.62. The molecule has 0 aliphatic carbocycles. The van der Waals surface area contributed by atoms with Crippen molar-refractivity contribution in [1.29, 1.82) is 0 Å². The molecule has 68 valence electrons. The molecule has 13 heavy (non-hydrogen) atoms. The molecule has 2 aromatic rings. The van der Waals surface area contributed by atoms with E-state index in [2.05, 4.69) is 4.98 Å². The van der Waals surface area contributed by atoms with Gasteiger partial charge in [0.2, 0.25) is 0 Å². The van der Waals surface area contributed by atoms with Crippen LogP contribution in [0.25, 0.3) is 10.9 Å². The van der Waals surface area contributed by atoms with E-state index in [1.165, 1.54) is 0 Å². The maximum atomic E-state index is 5.63. The van der Waals surface area contributed by atoms with Crippen molar-refractivity contribution in [1.82, 2.24) is 4.98 Å². The van der Waals surface area contributed by atoms with Gasteiger partial charge in [-0.2, -0.15) is 0 Å². The number of fused-ring (bicyclic) bond motifs is 1. The molecular formula is C10H11ClN2. The Morgan fingerprint density at radius 3 is 2.69 bits per heavy atom. The summed E-state index contributed by atoms with van der Waals surface area (Å²) < 4.78 is 0. The summed E-state index contributed by atoms with van der Waals surface area (Å²) in [6, 6.07) is 9.77. The lowest BCUT2D eigenvalue weighted by molar-refractivity contribution is 1.26. The Morgan fingerprint density at radius 1 is 1.15 bits per heavy atom. The molecule has 0 aliphatic rings. The number of nitrogen functional groups attached to an aromatic ring is 1. The number of halogens is 1. The Bertz CT molecular complexity index is 385. The first kappa shape index (κ1) is 9.81. The maximum absolute atomic E-state index is 5.63. The smallest absolute Gasteiger partial charge is 0.0706 e. The molecule has 2 rings (SSSR count). The Hall–Kier alpha value is -1.28. The van der Waals surface area contributed by atoms with Crippen LogP contribution in [0.1, 0.15) is 5.69 Å². The lowest BCUT2D eigenvalue weighted by Crippen LogP contribution is -1.86. The third kappa shape index (κ3) is 1.90. The van der Waals surface area contributed by atoms with Crippen LogP contribution < -0.4 is 5.73 Å². The number of pyridine rings is 1. The van der Waals surface area contributed by atoms with Crippen molar-refractivity contribution < 1.29 is 0 Å². The Kier molecular flexibility index (Phi) is 2.73. The van der Waals surface area contributed by atoms with Crippen LogP contribution in [-0.2, 0) is 0 Å². The van der Waals surface area contributed by atoms with Gasteiger partial charge in [-0.1, -0.05) is 6.07 Å². The van der Waals surface area contributed by atoms with E-state index < -0.39 is 0 Å². The van der Waals surface area contributed by atoms with Crippen LogP contribution >= 0.6 is 12.4 Å². The van der Waals surface area contributed by atoms with E-state index in [-0.39, 0.29) is 12.4 Å². The average molecular weight is 195 g/mol. The Balaban J connectivity index is 0.000000845. The van der Waals surface area contributed by atoms with E-state index in [0.29, 0.717) is 0 Å². The van der Waals surface area contributed by atoms with Gasteiger partial charge in [0.15, 0.2) is 0 Å². The molecule has 2 nitrogen and oxygen atoms in total. The van der Waals surface area contributed by atoms with Gasteiger partial charge < -0.3 is 5.73 Å². The molecule has 0 radical (unpaired) electrons. The van der Waals surface area contributed by atoms with E-state index >= 15 is 0 Å². The van der Waals surface area contributed by atoms with Crippen molar-refractivity contribution in [3.8, 4) is 0 Å². The molecule has 0 fully saturated rings. The second-order valence-electron chi connectivity index (χ2n) is 2.90. The molecule has 0 atom stereocenters. The minimum atomic E-state index is 0. The van der Waals surface area contributed by atoms with E-state index in [4.69, 9.17) is 5.73 Å². The molecular weight excluding hydrogens is 184 g/mol. The second-order valence-corrected chi connectivity index (χ2v) is 2.90. The fraction of sp³-hybridized carbons (Fsp3) is 0.100. The summed E-state index contributed by atoms with van der Waals surface area (Å²) in [6.45, 7) is 1.98. The predicted octanol–water partition coefficient (Wildman–Crippen LogP) is 2.55. The third-order valence-electron chi connectivity index (χ3n) is 1.85. The van der Waals surface area contributed by atoms with Crippen molar-refractivity contribution in [2.75, 3.05) is 5.73 Å². The number of hydrogen-bond donors (Lipinski definition) is 1. The number of nitrogens with two attached hydrogens (primary N) is 1.